The highest BCUT2D eigenvalue weighted by Gasteiger charge is 2.40. The molecule has 1 amide bonds. The van der Waals surface area contributed by atoms with Crippen LogP contribution in [-0.2, 0) is 9.63 Å². The van der Waals surface area contributed by atoms with Gasteiger partial charge in [-0.05, 0) is 30.3 Å². The van der Waals surface area contributed by atoms with Crippen LogP contribution < -0.4 is 4.74 Å². The average Bonchev–Trinajstić information content (AvgIpc) is 3.11. The first-order valence-corrected chi connectivity index (χ1v) is 8.40. The number of amides is 1. The maximum Gasteiger partial charge on any atom is 0.315 e. The molecule has 132 valence electrons. The van der Waals surface area contributed by atoms with Crippen molar-refractivity contribution in [1.29, 1.82) is 0 Å². The topological polar surface area (TPSA) is 60.8 Å². The van der Waals surface area contributed by atoms with E-state index in [-0.39, 0.29) is 12.3 Å². The molecular weight excluding hydrogens is 356 g/mol. The number of rotatable bonds is 4. The van der Waals surface area contributed by atoms with Gasteiger partial charge in [-0.25, -0.2) is 0 Å². The standard InChI is InChI=1S/C19H15ClN2O4/c1-25-22-17(11-18(23)26-14-5-3-2-4-6-14)21-15-10-13(20)8-7-12(15)9-16(21)19(22)24/h2-10,17H,11H2,1H3. The minimum absolute atomic E-state index is 0.0578. The number of hydroxylamine groups is 2. The molecule has 1 atom stereocenters. The van der Waals surface area contributed by atoms with Crippen molar-refractivity contribution in [3.8, 4) is 5.75 Å². The van der Waals surface area contributed by atoms with Gasteiger partial charge in [-0.1, -0.05) is 35.9 Å². The van der Waals surface area contributed by atoms with Crippen LogP contribution >= 0.6 is 11.6 Å². The number of para-hydroxylation sites is 1. The number of hydrogen-bond donors (Lipinski definition) is 0. The summed E-state index contributed by atoms with van der Waals surface area (Å²) in [6.45, 7) is 0. The maximum absolute atomic E-state index is 12.6. The molecule has 2 heterocycles. The largest absolute Gasteiger partial charge is 0.426 e. The lowest BCUT2D eigenvalue weighted by Crippen LogP contribution is -2.31. The van der Waals surface area contributed by atoms with Crippen LogP contribution in [0, 0.1) is 0 Å². The number of fused-ring (bicyclic) bond motifs is 3. The van der Waals surface area contributed by atoms with Crippen LogP contribution in [0.2, 0.25) is 5.02 Å². The van der Waals surface area contributed by atoms with Gasteiger partial charge in [-0.3, -0.25) is 14.4 Å². The molecule has 0 saturated carbocycles. The Bertz CT molecular complexity index is 999. The normalized spacial score (nSPS) is 16.2. The van der Waals surface area contributed by atoms with Crippen molar-refractivity contribution in [2.24, 2.45) is 0 Å². The van der Waals surface area contributed by atoms with E-state index in [2.05, 4.69) is 0 Å². The fraction of sp³-hybridized carbons (Fsp3) is 0.158. The smallest absolute Gasteiger partial charge is 0.315 e. The summed E-state index contributed by atoms with van der Waals surface area (Å²) in [6.07, 6.45) is -0.702. The SMILES string of the molecule is CON1C(=O)c2cc3ccc(Cl)cc3n2C1CC(=O)Oc1ccccc1. The zero-order valence-electron chi connectivity index (χ0n) is 13.9. The Morgan fingerprint density at radius 2 is 1.92 bits per heavy atom. The first kappa shape index (κ1) is 16.6. The Morgan fingerprint density at radius 1 is 1.15 bits per heavy atom. The van der Waals surface area contributed by atoms with Gasteiger partial charge in [0.1, 0.15) is 17.6 Å². The van der Waals surface area contributed by atoms with E-state index < -0.39 is 12.1 Å². The first-order chi connectivity index (χ1) is 12.6. The number of carbonyl (C=O) groups is 2. The Labute approximate surface area is 154 Å². The molecular formula is C19H15ClN2O4. The molecule has 0 aliphatic carbocycles. The molecule has 0 radical (unpaired) electrons. The van der Waals surface area contributed by atoms with Gasteiger partial charge >= 0.3 is 5.97 Å². The Hall–Kier alpha value is -2.83. The molecule has 0 spiro atoms. The number of esters is 1. The predicted octanol–water partition coefficient (Wildman–Crippen LogP) is 3.81. The van der Waals surface area contributed by atoms with Gasteiger partial charge in [0.05, 0.1) is 19.0 Å². The first-order valence-electron chi connectivity index (χ1n) is 8.02. The van der Waals surface area contributed by atoms with Gasteiger partial charge in [-0.2, -0.15) is 5.06 Å². The highest BCUT2D eigenvalue weighted by atomic mass is 35.5. The Kier molecular flexibility index (Phi) is 4.14. The van der Waals surface area contributed by atoms with Crippen molar-refractivity contribution in [2.75, 3.05) is 7.11 Å². The van der Waals surface area contributed by atoms with Crippen LogP contribution in [0.15, 0.2) is 54.6 Å². The highest BCUT2D eigenvalue weighted by molar-refractivity contribution is 6.31. The number of carbonyl (C=O) groups excluding carboxylic acids is 2. The molecule has 1 aliphatic heterocycles. The van der Waals surface area contributed by atoms with E-state index in [4.69, 9.17) is 21.2 Å². The number of aromatic nitrogens is 1. The molecule has 0 fully saturated rings. The third kappa shape index (κ3) is 2.73. The van der Waals surface area contributed by atoms with E-state index in [1.54, 1.807) is 47.0 Å². The summed E-state index contributed by atoms with van der Waals surface area (Å²) in [4.78, 5) is 30.3. The van der Waals surface area contributed by atoms with E-state index in [1.165, 1.54) is 12.2 Å². The molecule has 3 aromatic rings. The van der Waals surface area contributed by atoms with Crippen LogP contribution in [-0.4, -0.2) is 28.6 Å². The van der Waals surface area contributed by atoms with E-state index in [1.807, 2.05) is 12.1 Å². The number of benzene rings is 2. The molecule has 0 N–H and O–H groups in total. The molecule has 1 aromatic heterocycles. The molecule has 6 nitrogen and oxygen atoms in total. The van der Waals surface area contributed by atoms with E-state index in [0.29, 0.717) is 16.5 Å². The second-order valence-electron chi connectivity index (χ2n) is 5.89. The Morgan fingerprint density at radius 3 is 2.65 bits per heavy atom. The molecule has 2 aromatic carbocycles. The molecule has 26 heavy (non-hydrogen) atoms. The number of nitrogens with zero attached hydrogens (tertiary/aromatic N) is 2. The van der Waals surface area contributed by atoms with Crippen LogP contribution in [0.5, 0.6) is 5.75 Å². The molecule has 0 saturated heterocycles. The zero-order chi connectivity index (χ0) is 18.3. The van der Waals surface area contributed by atoms with Crippen LogP contribution in [0.1, 0.15) is 23.1 Å². The van der Waals surface area contributed by atoms with E-state index in [9.17, 15) is 9.59 Å². The molecule has 4 rings (SSSR count). The fourth-order valence-corrected chi connectivity index (χ4v) is 3.39. The third-order valence-electron chi connectivity index (χ3n) is 4.31. The van der Waals surface area contributed by atoms with Crippen LogP contribution in [0.3, 0.4) is 0 Å². The number of hydrogen-bond acceptors (Lipinski definition) is 4. The average molecular weight is 371 g/mol. The molecule has 1 aliphatic rings. The lowest BCUT2D eigenvalue weighted by Gasteiger charge is -2.23. The maximum atomic E-state index is 12.6. The molecule has 0 bridgehead atoms. The summed E-state index contributed by atoms with van der Waals surface area (Å²) in [5.41, 5.74) is 1.21. The van der Waals surface area contributed by atoms with Crippen molar-refractivity contribution in [3.63, 3.8) is 0 Å². The van der Waals surface area contributed by atoms with Gasteiger partial charge in [0, 0.05) is 10.4 Å². The summed E-state index contributed by atoms with van der Waals surface area (Å²) in [5.74, 6) is -0.323. The lowest BCUT2D eigenvalue weighted by molar-refractivity contribution is -0.151. The zero-order valence-corrected chi connectivity index (χ0v) is 14.6. The predicted molar refractivity (Wildman–Crippen MR) is 95.9 cm³/mol. The van der Waals surface area contributed by atoms with E-state index >= 15 is 0 Å². The fourth-order valence-electron chi connectivity index (χ4n) is 3.22. The third-order valence-corrected chi connectivity index (χ3v) is 4.55. The highest BCUT2D eigenvalue weighted by Crippen LogP contribution is 2.36. The number of ether oxygens (including phenoxy) is 1. The minimum Gasteiger partial charge on any atom is -0.426 e. The molecule has 1 unspecified atom stereocenters. The summed E-state index contributed by atoms with van der Waals surface area (Å²) >= 11 is 6.11. The van der Waals surface area contributed by atoms with Crippen molar-refractivity contribution in [2.45, 2.75) is 12.6 Å². The van der Waals surface area contributed by atoms with Gasteiger partial charge in [0.25, 0.3) is 5.91 Å². The van der Waals surface area contributed by atoms with Crippen molar-refractivity contribution in [3.05, 3.63) is 65.3 Å². The van der Waals surface area contributed by atoms with Gasteiger partial charge in [-0.15, -0.1) is 0 Å². The van der Waals surface area contributed by atoms with Gasteiger partial charge < -0.3 is 9.30 Å². The quantitative estimate of drug-likeness (QED) is 0.517. The summed E-state index contributed by atoms with van der Waals surface area (Å²) in [7, 11) is 1.40. The van der Waals surface area contributed by atoms with Gasteiger partial charge in [0.15, 0.2) is 0 Å². The summed E-state index contributed by atoms with van der Waals surface area (Å²) in [5, 5.41) is 2.60. The number of halogens is 1. The monoisotopic (exact) mass is 370 g/mol. The van der Waals surface area contributed by atoms with Crippen LogP contribution in [0.4, 0.5) is 0 Å². The Balaban J connectivity index is 1.69. The van der Waals surface area contributed by atoms with Crippen molar-refractivity contribution >= 4 is 34.4 Å². The minimum atomic E-state index is -0.644. The van der Waals surface area contributed by atoms with Crippen LogP contribution in [0.25, 0.3) is 10.9 Å². The summed E-state index contributed by atoms with van der Waals surface area (Å²) in [6, 6.07) is 15.9. The van der Waals surface area contributed by atoms with Gasteiger partial charge in [0.2, 0.25) is 0 Å². The molecule has 7 heteroatoms. The van der Waals surface area contributed by atoms with E-state index in [0.717, 1.165) is 10.9 Å². The summed E-state index contributed by atoms with van der Waals surface area (Å²) < 4.78 is 7.12. The second kappa shape index (κ2) is 6.48. The second-order valence-corrected chi connectivity index (χ2v) is 6.32. The lowest BCUT2D eigenvalue weighted by atomic mass is 10.2. The van der Waals surface area contributed by atoms with Crippen molar-refractivity contribution < 1.29 is 19.2 Å². The van der Waals surface area contributed by atoms with Crippen molar-refractivity contribution in [1.82, 2.24) is 9.63 Å².